The van der Waals surface area contributed by atoms with Crippen molar-refractivity contribution in [1.29, 1.82) is 0 Å². The van der Waals surface area contributed by atoms with Crippen molar-refractivity contribution < 1.29 is 5.02 Å². The highest BCUT2D eigenvalue weighted by Crippen LogP contribution is 2.24. The van der Waals surface area contributed by atoms with Gasteiger partial charge in [-0.05, 0) is 42.1 Å². The van der Waals surface area contributed by atoms with Gasteiger partial charge in [0.05, 0.1) is 0 Å². The van der Waals surface area contributed by atoms with Crippen LogP contribution in [0.5, 0.6) is 0 Å². The van der Waals surface area contributed by atoms with E-state index >= 15 is 0 Å². The van der Waals surface area contributed by atoms with Gasteiger partial charge < -0.3 is 5.02 Å². The molecule has 0 atom stereocenters. The molecule has 0 aromatic heterocycles. The van der Waals surface area contributed by atoms with Gasteiger partial charge in [0.15, 0.2) is 0 Å². The van der Waals surface area contributed by atoms with E-state index in [1.165, 1.54) is 22.3 Å². The molecule has 0 aliphatic heterocycles. The van der Waals surface area contributed by atoms with E-state index in [0.717, 1.165) is 38.9 Å². The van der Waals surface area contributed by atoms with Crippen LogP contribution in [-0.2, 0) is 19.5 Å². The van der Waals surface area contributed by atoms with Gasteiger partial charge in [-0.3, -0.25) is 4.90 Å². The molecule has 0 saturated heterocycles. The highest BCUT2D eigenvalue weighted by Gasteiger charge is 2.10. The Labute approximate surface area is 133 Å². The van der Waals surface area contributed by atoms with Crippen molar-refractivity contribution in [2.24, 2.45) is 0 Å². The quantitative estimate of drug-likeness (QED) is 0.855. The van der Waals surface area contributed by atoms with Gasteiger partial charge in [0.25, 0.3) is 0 Å². The number of hydrogen-bond donors (Lipinski definition) is 1. The summed E-state index contributed by atoms with van der Waals surface area (Å²) >= 11 is 0. The molecule has 22 heavy (non-hydrogen) atoms. The molecular weight excluding hydrogens is 269 g/mol. The Balaban J connectivity index is 1.69. The predicted molar refractivity (Wildman–Crippen MR) is 93.0 cm³/mol. The molecule has 0 unspecified atom stereocenters. The molecule has 0 spiro atoms. The highest BCUT2D eigenvalue weighted by molar-refractivity contribution is 6.45. The Bertz CT molecular complexity index is 664. The van der Waals surface area contributed by atoms with E-state index in [-0.39, 0.29) is 0 Å². The summed E-state index contributed by atoms with van der Waals surface area (Å²) in [6, 6.07) is 14.7. The van der Waals surface area contributed by atoms with Crippen molar-refractivity contribution in [2.75, 3.05) is 7.05 Å². The number of aryl methyl sites for hydroxylation is 1. The first-order valence-electron chi connectivity index (χ1n) is 7.78. The van der Waals surface area contributed by atoms with Crippen LogP contribution in [0.1, 0.15) is 28.7 Å². The van der Waals surface area contributed by atoms with Crippen LogP contribution in [0.3, 0.4) is 0 Å². The zero-order chi connectivity index (χ0) is 15.4. The minimum absolute atomic E-state index is 0.841. The second-order valence-corrected chi connectivity index (χ2v) is 5.97. The Morgan fingerprint density at radius 3 is 2.68 bits per heavy atom. The average molecular weight is 290 g/mol. The summed E-state index contributed by atoms with van der Waals surface area (Å²) in [6.07, 6.45) is 6.85. The van der Waals surface area contributed by atoms with Crippen molar-refractivity contribution >= 4 is 19.0 Å². The second-order valence-electron chi connectivity index (χ2n) is 5.97. The molecule has 1 aliphatic rings. The predicted octanol–water partition coefficient (Wildman–Crippen LogP) is 2.51. The van der Waals surface area contributed by atoms with Gasteiger partial charge in [0, 0.05) is 13.1 Å². The summed E-state index contributed by atoms with van der Waals surface area (Å²) in [5.41, 5.74) is 6.38. The Morgan fingerprint density at radius 1 is 1.09 bits per heavy atom. The maximum atomic E-state index is 8.98. The van der Waals surface area contributed by atoms with Gasteiger partial charge in [0.2, 0.25) is 0 Å². The minimum Gasteiger partial charge on any atom is -0.450 e. The summed E-state index contributed by atoms with van der Waals surface area (Å²) in [5, 5.41) is 8.98. The standard InChI is InChI=1S/C19H21BNO/c1-21(13-15-9-11-18(20-22)12-10-15)14-17-7-4-6-16-5-2-3-8-19(16)17/h3-4,6-12,22H,2,5,13-14H2,1H3. The largest absolute Gasteiger partial charge is 0.450 e. The zero-order valence-corrected chi connectivity index (χ0v) is 13.0. The summed E-state index contributed by atoms with van der Waals surface area (Å²) in [5.74, 6) is 0. The lowest BCUT2D eigenvalue weighted by atomic mass is 9.88. The summed E-state index contributed by atoms with van der Waals surface area (Å²) in [7, 11) is 3.29. The molecule has 1 aliphatic carbocycles. The third-order valence-corrected chi connectivity index (χ3v) is 4.17. The third-order valence-electron chi connectivity index (χ3n) is 4.17. The first kappa shape index (κ1) is 15.1. The minimum atomic E-state index is 0.841. The Morgan fingerprint density at radius 2 is 1.91 bits per heavy atom. The second kappa shape index (κ2) is 6.95. The molecule has 0 saturated carbocycles. The van der Waals surface area contributed by atoms with Crippen LogP contribution in [0.4, 0.5) is 0 Å². The number of nitrogens with zero attached hydrogens (tertiary/aromatic N) is 1. The van der Waals surface area contributed by atoms with Crippen molar-refractivity contribution in [2.45, 2.75) is 25.9 Å². The number of allylic oxidation sites excluding steroid dienone is 1. The molecule has 0 fully saturated rings. The number of benzene rings is 2. The van der Waals surface area contributed by atoms with Crippen LogP contribution in [-0.4, -0.2) is 24.5 Å². The topological polar surface area (TPSA) is 23.5 Å². The van der Waals surface area contributed by atoms with Gasteiger partial charge in [-0.2, -0.15) is 0 Å². The van der Waals surface area contributed by atoms with Crippen molar-refractivity contribution in [3.05, 3.63) is 70.8 Å². The van der Waals surface area contributed by atoms with E-state index in [1.807, 2.05) is 12.1 Å². The molecule has 0 heterocycles. The Kier molecular flexibility index (Phi) is 4.76. The number of hydrogen-bond acceptors (Lipinski definition) is 2. The summed E-state index contributed by atoms with van der Waals surface area (Å²) in [4.78, 5) is 2.33. The van der Waals surface area contributed by atoms with Gasteiger partial charge in [-0.1, -0.05) is 60.1 Å². The molecule has 3 rings (SSSR count). The van der Waals surface area contributed by atoms with Crippen LogP contribution < -0.4 is 5.46 Å². The van der Waals surface area contributed by atoms with E-state index in [0.29, 0.717) is 0 Å². The lowest BCUT2D eigenvalue weighted by molar-refractivity contribution is 0.319. The molecule has 2 nitrogen and oxygen atoms in total. The van der Waals surface area contributed by atoms with Crippen LogP contribution in [0.15, 0.2) is 48.5 Å². The van der Waals surface area contributed by atoms with Gasteiger partial charge in [0.1, 0.15) is 0 Å². The molecule has 1 radical (unpaired) electrons. The molecular formula is C19H21BNO. The smallest absolute Gasteiger partial charge is 0.326 e. The third kappa shape index (κ3) is 3.49. The molecule has 111 valence electrons. The van der Waals surface area contributed by atoms with Gasteiger partial charge >= 0.3 is 7.48 Å². The normalized spacial score (nSPS) is 13.2. The molecule has 2 aromatic carbocycles. The lowest BCUT2D eigenvalue weighted by Crippen LogP contribution is -2.19. The molecule has 0 amide bonds. The van der Waals surface area contributed by atoms with E-state index in [4.69, 9.17) is 5.02 Å². The van der Waals surface area contributed by atoms with Crippen molar-refractivity contribution in [3.8, 4) is 0 Å². The fourth-order valence-corrected chi connectivity index (χ4v) is 3.04. The zero-order valence-electron chi connectivity index (χ0n) is 13.0. The fourth-order valence-electron chi connectivity index (χ4n) is 3.04. The number of fused-ring (bicyclic) bond motifs is 1. The number of rotatable bonds is 5. The van der Waals surface area contributed by atoms with Crippen LogP contribution in [0, 0.1) is 0 Å². The first-order valence-corrected chi connectivity index (χ1v) is 7.78. The molecule has 2 aromatic rings. The van der Waals surface area contributed by atoms with Gasteiger partial charge in [-0.25, -0.2) is 0 Å². The van der Waals surface area contributed by atoms with Crippen molar-refractivity contribution in [1.82, 2.24) is 4.90 Å². The summed E-state index contributed by atoms with van der Waals surface area (Å²) < 4.78 is 0. The molecule has 1 N–H and O–H groups in total. The highest BCUT2D eigenvalue weighted by atomic mass is 16.2. The van der Waals surface area contributed by atoms with Crippen LogP contribution >= 0.6 is 0 Å². The average Bonchev–Trinajstić information content (AvgIpc) is 2.56. The first-order chi connectivity index (χ1) is 10.8. The molecule has 0 bridgehead atoms. The van der Waals surface area contributed by atoms with Gasteiger partial charge in [-0.15, -0.1) is 0 Å². The van der Waals surface area contributed by atoms with E-state index in [9.17, 15) is 0 Å². The van der Waals surface area contributed by atoms with E-state index < -0.39 is 0 Å². The van der Waals surface area contributed by atoms with E-state index in [2.05, 4.69) is 54.4 Å². The summed E-state index contributed by atoms with van der Waals surface area (Å²) in [6.45, 7) is 1.85. The van der Waals surface area contributed by atoms with Crippen LogP contribution in [0.2, 0.25) is 0 Å². The fraction of sp³-hybridized carbons (Fsp3) is 0.263. The van der Waals surface area contributed by atoms with Crippen LogP contribution in [0.25, 0.3) is 6.08 Å². The molecule has 3 heteroatoms. The maximum Gasteiger partial charge on any atom is 0.326 e. The maximum absolute atomic E-state index is 8.98. The lowest BCUT2D eigenvalue weighted by Gasteiger charge is -2.21. The van der Waals surface area contributed by atoms with E-state index in [1.54, 1.807) is 0 Å². The Hall–Kier alpha value is -1.84. The SMILES string of the molecule is CN(Cc1ccc([B]O)cc1)Cc1cccc2c1C=CCC2. The monoisotopic (exact) mass is 290 g/mol. The van der Waals surface area contributed by atoms with Crippen molar-refractivity contribution in [3.63, 3.8) is 0 Å².